The van der Waals surface area contributed by atoms with E-state index in [2.05, 4.69) is 15.1 Å². The van der Waals surface area contributed by atoms with E-state index in [4.69, 9.17) is 0 Å². The van der Waals surface area contributed by atoms with Crippen molar-refractivity contribution < 1.29 is 13.2 Å². The monoisotopic (exact) mass is 379 g/mol. The van der Waals surface area contributed by atoms with Crippen LogP contribution in [0.2, 0.25) is 0 Å². The number of rotatable bonds is 4. The van der Waals surface area contributed by atoms with Crippen molar-refractivity contribution in [3.8, 4) is 0 Å². The molecular formula is C17H25N5O3S. The van der Waals surface area contributed by atoms with Gasteiger partial charge in [-0.25, -0.2) is 17.9 Å². The lowest BCUT2D eigenvalue weighted by atomic mass is 10.0. The molecule has 8 nitrogen and oxygen atoms in total. The summed E-state index contributed by atoms with van der Waals surface area (Å²) in [4.78, 5) is 14.3. The Hall–Kier alpha value is -2.13. The molecular weight excluding hydrogens is 354 g/mol. The zero-order chi connectivity index (χ0) is 18.9. The Morgan fingerprint density at radius 1 is 1.38 bits per heavy atom. The van der Waals surface area contributed by atoms with Gasteiger partial charge < -0.3 is 10.2 Å². The van der Waals surface area contributed by atoms with Crippen LogP contribution in [0, 0.1) is 12.8 Å². The molecule has 1 aromatic carbocycles. The molecule has 1 aliphatic rings. The SMILES string of the molecule is CNS(=O)(=O)CC1CCCN(C(=O)Nc2ccc3c(C)n(C)nc3c2)C1. The summed E-state index contributed by atoms with van der Waals surface area (Å²) in [6.07, 6.45) is 1.61. The molecule has 0 spiro atoms. The van der Waals surface area contributed by atoms with Crippen molar-refractivity contribution in [1.82, 2.24) is 19.4 Å². The molecule has 26 heavy (non-hydrogen) atoms. The Bertz CT molecular complexity index is 922. The largest absolute Gasteiger partial charge is 0.324 e. The fraction of sp³-hybridized carbons (Fsp3) is 0.529. The molecule has 1 fully saturated rings. The fourth-order valence-electron chi connectivity index (χ4n) is 3.39. The van der Waals surface area contributed by atoms with Crippen molar-refractivity contribution >= 4 is 32.6 Å². The van der Waals surface area contributed by atoms with Crippen LogP contribution < -0.4 is 10.0 Å². The molecule has 0 bridgehead atoms. The summed E-state index contributed by atoms with van der Waals surface area (Å²) in [7, 11) is 0.0322. The molecule has 2 aromatic rings. The van der Waals surface area contributed by atoms with Gasteiger partial charge in [0, 0.05) is 36.9 Å². The lowest BCUT2D eigenvalue weighted by molar-refractivity contribution is 0.182. The number of fused-ring (bicyclic) bond motifs is 1. The second-order valence-corrected chi connectivity index (χ2v) is 8.78. The van der Waals surface area contributed by atoms with E-state index in [1.54, 1.807) is 4.90 Å². The molecule has 2 heterocycles. The summed E-state index contributed by atoms with van der Waals surface area (Å²) in [5, 5.41) is 8.39. The molecule has 3 rings (SSSR count). The Labute approximate surface area is 153 Å². The first kappa shape index (κ1) is 18.7. The second-order valence-electron chi connectivity index (χ2n) is 6.81. The molecule has 9 heteroatoms. The van der Waals surface area contributed by atoms with Crippen molar-refractivity contribution in [3.05, 3.63) is 23.9 Å². The van der Waals surface area contributed by atoms with Gasteiger partial charge >= 0.3 is 6.03 Å². The maximum atomic E-state index is 12.6. The third-order valence-electron chi connectivity index (χ3n) is 4.95. The first-order valence-corrected chi connectivity index (χ1v) is 10.3. The average molecular weight is 379 g/mol. The lowest BCUT2D eigenvalue weighted by Gasteiger charge is -2.32. The summed E-state index contributed by atoms with van der Waals surface area (Å²) < 4.78 is 27.7. The number of piperidine rings is 1. The zero-order valence-electron chi connectivity index (χ0n) is 15.3. The number of hydrogen-bond donors (Lipinski definition) is 2. The number of aromatic nitrogens is 2. The number of nitrogens with zero attached hydrogens (tertiary/aromatic N) is 3. The van der Waals surface area contributed by atoms with Crippen molar-refractivity contribution in [2.75, 3.05) is 31.2 Å². The number of carbonyl (C=O) groups is 1. The summed E-state index contributed by atoms with van der Waals surface area (Å²) in [5.74, 6) is -0.000202. The van der Waals surface area contributed by atoms with Gasteiger partial charge in [-0.15, -0.1) is 0 Å². The molecule has 1 aromatic heterocycles. The van der Waals surface area contributed by atoms with Crippen LogP contribution in [0.15, 0.2) is 18.2 Å². The fourth-order valence-corrected chi connectivity index (χ4v) is 4.45. The molecule has 1 saturated heterocycles. The van der Waals surface area contributed by atoms with Gasteiger partial charge in [-0.2, -0.15) is 5.10 Å². The maximum absolute atomic E-state index is 12.6. The molecule has 1 atom stereocenters. The number of sulfonamides is 1. The van der Waals surface area contributed by atoms with Crippen LogP contribution in [-0.2, 0) is 17.1 Å². The van der Waals surface area contributed by atoms with E-state index >= 15 is 0 Å². The first-order valence-electron chi connectivity index (χ1n) is 8.69. The van der Waals surface area contributed by atoms with Crippen LogP contribution in [0.4, 0.5) is 10.5 Å². The predicted molar refractivity (Wildman–Crippen MR) is 102 cm³/mol. The van der Waals surface area contributed by atoms with Crippen molar-refractivity contribution in [2.24, 2.45) is 13.0 Å². The Morgan fingerprint density at radius 2 is 2.15 bits per heavy atom. The van der Waals surface area contributed by atoms with Gasteiger partial charge in [0.25, 0.3) is 0 Å². The number of nitrogens with one attached hydrogen (secondary N) is 2. The smallest absolute Gasteiger partial charge is 0.321 e. The molecule has 1 aliphatic heterocycles. The number of amides is 2. The van der Waals surface area contributed by atoms with Gasteiger partial charge in [0.05, 0.1) is 11.3 Å². The summed E-state index contributed by atoms with van der Waals surface area (Å²) in [5.41, 5.74) is 2.59. The predicted octanol–water partition coefficient (Wildman–Crippen LogP) is 1.67. The van der Waals surface area contributed by atoms with E-state index in [1.807, 2.05) is 36.9 Å². The molecule has 2 N–H and O–H groups in total. The van der Waals surface area contributed by atoms with Gasteiger partial charge in [-0.1, -0.05) is 0 Å². The third kappa shape index (κ3) is 3.99. The highest BCUT2D eigenvalue weighted by Crippen LogP contribution is 2.23. The number of carbonyl (C=O) groups excluding carboxylic acids is 1. The quantitative estimate of drug-likeness (QED) is 0.845. The van der Waals surface area contributed by atoms with Gasteiger partial charge in [-0.3, -0.25) is 4.68 Å². The minimum Gasteiger partial charge on any atom is -0.324 e. The van der Waals surface area contributed by atoms with E-state index in [-0.39, 0.29) is 17.7 Å². The summed E-state index contributed by atoms with van der Waals surface area (Å²) >= 11 is 0. The minimum atomic E-state index is -3.27. The number of urea groups is 1. The van der Waals surface area contributed by atoms with Gasteiger partial charge in [0.15, 0.2) is 0 Å². The van der Waals surface area contributed by atoms with E-state index in [0.717, 1.165) is 29.4 Å². The molecule has 1 unspecified atom stereocenters. The van der Waals surface area contributed by atoms with E-state index < -0.39 is 10.0 Å². The highest BCUT2D eigenvalue weighted by atomic mass is 32.2. The highest BCUT2D eigenvalue weighted by molar-refractivity contribution is 7.89. The van der Waals surface area contributed by atoms with E-state index in [1.165, 1.54) is 7.05 Å². The van der Waals surface area contributed by atoms with Crippen molar-refractivity contribution in [3.63, 3.8) is 0 Å². The van der Waals surface area contributed by atoms with Gasteiger partial charge in [0.1, 0.15) is 0 Å². The van der Waals surface area contributed by atoms with Crippen molar-refractivity contribution in [2.45, 2.75) is 19.8 Å². The van der Waals surface area contributed by atoms with Crippen LogP contribution >= 0.6 is 0 Å². The number of likely N-dealkylation sites (tertiary alicyclic amines) is 1. The van der Waals surface area contributed by atoms with Crippen LogP contribution in [0.1, 0.15) is 18.5 Å². The Balaban J connectivity index is 1.67. The summed E-state index contributed by atoms with van der Waals surface area (Å²) in [6, 6.07) is 5.46. The first-order chi connectivity index (χ1) is 12.3. The molecule has 0 saturated carbocycles. The Morgan fingerprint density at radius 3 is 2.88 bits per heavy atom. The number of anilines is 1. The third-order valence-corrected chi connectivity index (χ3v) is 6.49. The van der Waals surface area contributed by atoms with Crippen LogP contribution in [0.3, 0.4) is 0 Å². The number of benzene rings is 1. The molecule has 142 valence electrons. The molecule has 2 amide bonds. The van der Waals surface area contributed by atoms with Crippen molar-refractivity contribution in [1.29, 1.82) is 0 Å². The normalized spacial score (nSPS) is 18.3. The summed E-state index contributed by atoms with van der Waals surface area (Å²) in [6.45, 7) is 3.07. The molecule has 0 aliphatic carbocycles. The van der Waals surface area contributed by atoms with Gasteiger partial charge in [-0.05, 0) is 50.9 Å². The highest BCUT2D eigenvalue weighted by Gasteiger charge is 2.27. The van der Waals surface area contributed by atoms with E-state index in [9.17, 15) is 13.2 Å². The van der Waals surface area contributed by atoms with Crippen LogP contribution in [-0.4, -0.2) is 55.0 Å². The zero-order valence-corrected chi connectivity index (χ0v) is 16.1. The number of aryl methyl sites for hydroxylation is 2. The maximum Gasteiger partial charge on any atom is 0.321 e. The number of hydrogen-bond acceptors (Lipinski definition) is 4. The topological polar surface area (TPSA) is 96.3 Å². The van der Waals surface area contributed by atoms with Gasteiger partial charge in [0.2, 0.25) is 10.0 Å². The minimum absolute atomic E-state index is 0.0481. The lowest BCUT2D eigenvalue weighted by Crippen LogP contribution is -2.44. The Kier molecular flexibility index (Phi) is 5.19. The molecule has 0 radical (unpaired) electrons. The average Bonchev–Trinajstić information content (AvgIpc) is 2.88. The van der Waals surface area contributed by atoms with Crippen LogP contribution in [0.25, 0.3) is 10.9 Å². The standard InChI is InChI=1S/C17H25N5O3S/c1-12-15-7-6-14(9-16(15)20-21(12)3)19-17(23)22-8-4-5-13(10-22)11-26(24,25)18-2/h6-7,9,13,18H,4-5,8,10-11H2,1-3H3,(H,19,23). The second kappa shape index (κ2) is 7.24. The van der Waals surface area contributed by atoms with Crippen LogP contribution in [0.5, 0.6) is 0 Å². The van der Waals surface area contributed by atoms with E-state index in [0.29, 0.717) is 18.8 Å².